The molecule has 0 saturated heterocycles. The van der Waals surface area contributed by atoms with Gasteiger partial charge in [-0.15, -0.1) is 0 Å². The lowest BCUT2D eigenvalue weighted by Crippen LogP contribution is -2.48. The fourth-order valence-corrected chi connectivity index (χ4v) is 5.27. The van der Waals surface area contributed by atoms with Crippen LogP contribution in [-0.4, -0.2) is 56.9 Å². The molecule has 4 N–H and O–H groups in total. The van der Waals surface area contributed by atoms with Gasteiger partial charge in [0.05, 0.1) is 12.5 Å². The Morgan fingerprint density at radius 2 is 2.00 bits per heavy atom. The van der Waals surface area contributed by atoms with Gasteiger partial charge in [-0.3, -0.25) is 0 Å². The molecule has 2 aliphatic rings. The van der Waals surface area contributed by atoms with E-state index in [-0.39, 0.29) is 12.1 Å². The van der Waals surface area contributed by atoms with Crippen molar-refractivity contribution in [1.29, 1.82) is 0 Å². The molecule has 1 aliphatic heterocycles. The zero-order valence-corrected chi connectivity index (χ0v) is 19.9. The Morgan fingerprint density at radius 3 is 2.78 bits per heavy atom. The normalized spacial score (nSPS) is 21.5. The maximum Gasteiger partial charge on any atom is 0.229 e. The quantitative estimate of drug-likeness (QED) is 0.500. The number of halogens is 1. The number of rotatable bonds is 6. The Bertz CT molecular complexity index is 1070. The lowest BCUT2D eigenvalue weighted by atomic mass is 9.91. The van der Waals surface area contributed by atoms with E-state index in [1.807, 2.05) is 6.07 Å². The number of fused-ring (bicyclic) bond motifs is 1. The summed E-state index contributed by atoms with van der Waals surface area (Å²) in [5, 5.41) is 10.4. The summed E-state index contributed by atoms with van der Waals surface area (Å²) in [6.45, 7) is 2.72. The van der Waals surface area contributed by atoms with Gasteiger partial charge in [-0.05, 0) is 30.5 Å². The van der Waals surface area contributed by atoms with Gasteiger partial charge in [0.25, 0.3) is 0 Å². The van der Waals surface area contributed by atoms with E-state index in [4.69, 9.17) is 11.6 Å². The first-order chi connectivity index (χ1) is 15.3. The minimum absolute atomic E-state index is 0.0904. The van der Waals surface area contributed by atoms with Gasteiger partial charge in [-0.1, -0.05) is 30.5 Å². The molecule has 2 aromatic rings. The molecule has 9 nitrogen and oxygen atoms in total. The van der Waals surface area contributed by atoms with Crippen LogP contribution in [0.5, 0.6) is 0 Å². The average molecular weight is 480 g/mol. The second kappa shape index (κ2) is 9.78. The maximum absolute atomic E-state index is 11.8. The predicted molar refractivity (Wildman–Crippen MR) is 129 cm³/mol. The molecule has 2 heterocycles. The Hall–Kier alpha value is -2.14. The van der Waals surface area contributed by atoms with Crippen molar-refractivity contribution in [3.8, 4) is 0 Å². The number of benzene rings is 1. The highest BCUT2D eigenvalue weighted by molar-refractivity contribution is 7.88. The van der Waals surface area contributed by atoms with Crippen LogP contribution in [0.4, 0.5) is 23.1 Å². The molecular formula is C21H30ClN7O2S. The Kier molecular flexibility index (Phi) is 7.04. The summed E-state index contributed by atoms with van der Waals surface area (Å²) in [6.07, 6.45) is 6.35. The van der Waals surface area contributed by atoms with Crippen molar-refractivity contribution in [3.63, 3.8) is 0 Å². The highest BCUT2D eigenvalue weighted by Crippen LogP contribution is 2.29. The largest absolute Gasteiger partial charge is 0.373 e. The van der Waals surface area contributed by atoms with Crippen LogP contribution in [0.15, 0.2) is 24.4 Å². The Balaban J connectivity index is 1.52. The topological polar surface area (TPSA) is 111 Å². The molecule has 1 saturated carbocycles. The van der Waals surface area contributed by atoms with Crippen LogP contribution >= 0.6 is 11.6 Å². The monoisotopic (exact) mass is 479 g/mol. The zero-order valence-electron chi connectivity index (χ0n) is 18.4. The van der Waals surface area contributed by atoms with Crippen molar-refractivity contribution in [3.05, 3.63) is 35.0 Å². The number of sulfonamides is 1. The second-order valence-electron chi connectivity index (χ2n) is 8.49. The van der Waals surface area contributed by atoms with E-state index in [2.05, 4.69) is 54.7 Å². The summed E-state index contributed by atoms with van der Waals surface area (Å²) in [4.78, 5) is 11.1. The summed E-state index contributed by atoms with van der Waals surface area (Å²) in [5.74, 6) is 0.919. The predicted octanol–water partition coefficient (Wildman–Crippen LogP) is 2.69. The minimum atomic E-state index is -3.30. The standard InChI is InChI=1S/C21H30ClN7O2S/c1-29-10-9-23-12-14-7-8-15(11-19(14)29)25-21-24-13-16(22)20(27-21)26-17-5-3-4-6-18(17)28-32(2,30)31/h7-8,11,13,17-18,23,28H,3-6,9-10,12H2,1-2H3,(H2,24,25,26,27)/t17?,18-/m1/s1. The highest BCUT2D eigenvalue weighted by atomic mass is 35.5. The summed E-state index contributed by atoms with van der Waals surface area (Å²) >= 11 is 6.36. The fraction of sp³-hybridized carbons (Fsp3) is 0.524. The number of hydrogen-bond acceptors (Lipinski definition) is 8. The number of nitrogens with zero attached hydrogens (tertiary/aromatic N) is 3. The van der Waals surface area contributed by atoms with Crippen molar-refractivity contribution in [2.24, 2.45) is 0 Å². The molecule has 1 aliphatic carbocycles. The van der Waals surface area contributed by atoms with Gasteiger partial charge < -0.3 is 20.9 Å². The molecule has 1 aromatic carbocycles. The maximum atomic E-state index is 11.8. The molecule has 0 amide bonds. The molecule has 1 aromatic heterocycles. The third-order valence-corrected chi connectivity index (χ3v) is 6.90. The van der Waals surface area contributed by atoms with Gasteiger partial charge in [0.15, 0.2) is 5.82 Å². The molecule has 32 heavy (non-hydrogen) atoms. The van der Waals surface area contributed by atoms with Crippen molar-refractivity contribution in [2.45, 2.75) is 44.3 Å². The third kappa shape index (κ3) is 5.80. The van der Waals surface area contributed by atoms with Gasteiger partial charge in [-0.25, -0.2) is 18.1 Å². The summed E-state index contributed by atoms with van der Waals surface area (Å²) < 4.78 is 26.3. The van der Waals surface area contributed by atoms with Crippen LogP contribution in [-0.2, 0) is 16.6 Å². The third-order valence-electron chi connectivity index (χ3n) is 5.89. The molecule has 1 unspecified atom stereocenters. The van der Waals surface area contributed by atoms with E-state index in [1.54, 1.807) is 6.20 Å². The van der Waals surface area contributed by atoms with Crippen LogP contribution < -0.4 is 25.6 Å². The number of nitrogens with one attached hydrogen (secondary N) is 4. The highest BCUT2D eigenvalue weighted by Gasteiger charge is 2.28. The van der Waals surface area contributed by atoms with Crippen LogP contribution in [0.1, 0.15) is 31.2 Å². The van der Waals surface area contributed by atoms with Crippen LogP contribution in [0.2, 0.25) is 5.02 Å². The van der Waals surface area contributed by atoms with E-state index >= 15 is 0 Å². The van der Waals surface area contributed by atoms with E-state index < -0.39 is 10.0 Å². The van der Waals surface area contributed by atoms with Gasteiger partial charge in [-0.2, -0.15) is 4.98 Å². The molecule has 0 bridgehead atoms. The zero-order chi connectivity index (χ0) is 22.7. The summed E-state index contributed by atoms with van der Waals surface area (Å²) in [6, 6.07) is 5.92. The Morgan fingerprint density at radius 1 is 1.22 bits per heavy atom. The lowest BCUT2D eigenvalue weighted by molar-refractivity contribution is 0.379. The molecule has 2 atom stereocenters. The van der Waals surface area contributed by atoms with E-state index in [0.29, 0.717) is 16.8 Å². The van der Waals surface area contributed by atoms with E-state index in [9.17, 15) is 8.42 Å². The first kappa shape index (κ1) is 23.0. The van der Waals surface area contributed by atoms with Gasteiger partial charge in [0.2, 0.25) is 16.0 Å². The number of aromatic nitrogens is 2. The van der Waals surface area contributed by atoms with Crippen LogP contribution in [0.25, 0.3) is 0 Å². The molecular weight excluding hydrogens is 450 g/mol. The Labute approximate surface area is 194 Å². The summed E-state index contributed by atoms with van der Waals surface area (Å²) in [7, 11) is -1.21. The molecule has 4 rings (SSSR count). The van der Waals surface area contributed by atoms with Crippen molar-refractivity contribution in [2.75, 3.05) is 41.9 Å². The molecule has 174 valence electrons. The average Bonchev–Trinajstić information content (AvgIpc) is 2.92. The summed E-state index contributed by atoms with van der Waals surface area (Å²) in [5.41, 5.74) is 3.31. The number of hydrogen-bond donors (Lipinski definition) is 4. The number of likely N-dealkylation sites (N-methyl/N-ethyl adjacent to an activating group) is 1. The van der Waals surface area contributed by atoms with E-state index in [0.717, 1.165) is 51.0 Å². The molecule has 0 radical (unpaired) electrons. The smallest absolute Gasteiger partial charge is 0.229 e. The first-order valence-corrected chi connectivity index (χ1v) is 13.1. The second-order valence-corrected chi connectivity index (χ2v) is 10.7. The van der Waals surface area contributed by atoms with Crippen LogP contribution in [0.3, 0.4) is 0 Å². The SMILES string of the molecule is CN1CCNCc2ccc(Nc3ncc(Cl)c(NC4CCCC[C@H]4NS(C)(=O)=O)n3)cc21. The first-order valence-electron chi connectivity index (χ1n) is 10.9. The number of anilines is 4. The van der Waals surface area contributed by atoms with Crippen molar-refractivity contribution in [1.82, 2.24) is 20.0 Å². The van der Waals surface area contributed by atoms with E-state index in [1.165, 1.54) is 17.5 Å². The fourth-order valence-electron chi connectivity index (χ4n) is 4.29. The minimum Gasteiger partial charge on any atom is -0.373 e. The molecule has 1 fully saturated rings. The lowest BCUT2D eigenvalue weighted by Gasteiger charge is -2.32. The van der Waals surface area contributed by atoms with Gasteiger partial charge in [0, 0.05) is 50.1 Å². The van der Waals surface area contributed by atoms with Gasteiger partial charge >= 0.3 is 0 Å². The molecule has 0 spiro atoms. The van der Waals surface area contributed by atoms with Crippen LogP contribution in [0, 0.1) is 0 Å². The molecule has 11 heteroatoms. The van der Waals surface area contributed by atoms with Crippen molar-refractivity contribution >= 4 is 44.8 Å². The van der Waals surface area contributed by atoms with Gasteiger partial charge in [0.1, 0.15) is 5.02 Å². The van der Waals surface area contributed by atoms with Crippen molar-refractivity contribution < 1.29 is 8.42 Å².